The molecule has 0 radical (unpaired) electrons. The number of rotatable bonds is 3. The largest absolute Gasteiger partial charge is 0.388 e. The Kier molecular flexibility index (Phi) is 2.27. The fourth-order valence-electron chi connectivity index (χ4n) is 1.45. The number of pyridine rings is 1. The zero-order valence-electron chi connectivity index (χ0n) is 7.28. The molecule has 1 atom stereocenters. The molecule has 70 valence electrons. The van der Waals surface area contributed by atoms with E-state index in [0.717, 1.165) is 6.20 Å². The van der Waals surface area contributed by atoms with Crippen molar-refractivity contribution in [2.24, 2.45) is 5.92 Å². The van der Waals surface area contributed by atoms with Gasteiger partial charge in [-0.05, 0) is 18.4 Å². The van der Waals surface area contributed by atoms with Gasteiger partial charge >= 0.3 is 0 Å². The molecular weight excluding hydrogens is 169 g/mol. The predicted octanol–water partition coefficient (Wildman–Crippen LogP) is 2.05. The molecule has 1 fully saturated rings. The number of nitrogens with zero attached hydrogens (tertiary/aromatic N) is 1. The Hall–Kier alpha value is -0.960. The minimum atomic E-state index is -0.657. The maximum Gasteiger partial charge on any atom is 0.147 e. The highest BCUT2D eigenvalue weighted by atomic mass is 19.1. The molecule has 1 heterocycles. The van der Waals surface area contributed by atoms with Crippen LogP contribution in [0.2, 0.25) is 0 Å². The Morgan fingerprint density at radius 2 is 2.38 bits per heavy atom. The van der Waals surface area contributed by atoms with Crippen molar-refractivity contribution in [2.75, 3.05) is 0 Å². The van der Waals surface area contributed by atoms with E-state index in [-0.39, 0.29) is 0 Å². The van der Waals surface area contributed by atoms with Gasteiger partial charge < -0.3 is 5.11 Å². The quantitative estimate of drug-likeness (QED) is 0.774. The average molecular weight is 181 g/mol. The average Bonchev–Trinajstić information content (AvgIpc) is 2.89. The second-order valence-electron chi connectivity index (χ2n) is 3.59. The van der Waals surface area contributed by atoms with Gasteiger partial charge in [-0.1, -0.05) is 12.8 Å². The summed E-state index contributed by atoms with van der Waals surface area (Å²) >= 11 is 0. The second-order valence-corrected chi connectivity index (χ2v) is 3.59. The summed E-state index contributed by atoms with van der Waals surface area (Å²) in [6.07, 6.45) is 5.02. The summed E-state index contributed by atoms with van der Waals surface area (Å²) in [6, 6.07) is 1.54. The van der Waals surface area contributed by atoms with E-state index in [0.29, 0.717) is 17.9 Å². The summed E-state index contributed by atoms with van der Waals surface area (Å²) in [7, 11) is 0. The Labute approximate surface area is 76.4 Å². The van der Waals surface area contributed by atoms with Gasteiger partial charge in [0.25, 0.3) is 0 Å². The summed E-state index contributed by atoms with van der Waals surface area (Å²) in [5.41, 5.74) is 0.377. The molecule has 2 rings (SSSR count). The minimum absolute atomic E-state index is 0.377. The van der Waals surface area contributed by atoms with Gasteiger partial charge in [0.1, 0.15) is 5.82 Å². The highest BCUT2D eigenvalue weighted by molar-refractivity contribution is 5.15. The molecular formula is C10H12FNO. The lowest BCUT2D eigenvalue weighted by Gasteiger charge is -2.10. The molecule has 1 aromatic heterocycles. The fraction of sp³-hybridized carbons (Fsp3) is 0.500. The van der Waals surface area contributed by atoms with Crippen molar-refractivity contribution in [3.8, 4) is 0 Å². The zero-order valence-corrected chi connectivity index (χ0v) is 7.28. The molecule has 0 spiro atoms. The third-order valence-electron chi connectivity index (χ3n) is 2.42. The van der Waals surface area contributed by atoms with Gasteiger partial charge in [-0.25, -0.2) is 4.39 Å². The van der Waals surface area contributed by atoms with Gasteiger partial charge in [0.05, 0.1) is 12.3 Å². The first kappa shape index (κ1) is 8.63. The van der Waals surface area contributed by atoms with Crippen LogP contribution in [0.15, 0.2) is 18.5 Å². The highest BCUT2D eigenvalue weighted by Gasteiger charge is 2.26. The number of halogens is 1. The van der Waals surface area contributed by atoms with E-state index in [4.69, 9.17) is 0 Å². The first-order valence-electron chi connectivity index (χ1n) is 4.55. The molecule has 0 aromatic carbocycles. The summed E-state index contributed by atoms with van der Waals surface area (Å²) in [6.45, 7) is 0. The smallest absolute Gasteiger partial charge is 0.147 e. The number of aromatic nitrogens is 1. The molecule has 13 heavy (non-hydrogen) atoms. The van der Waals surface area contributed by atoms with Crippen LogP contribution < -0.4 is 0 Å². The summed E-state index contributed by atoms with van der Waals surface area (Å²) in [5.74, 6) is 0.193. The van der Waals surface area contributed by atoms with E-state index in [9.17, 15) is 9.50 Å². The van der Waals surface area contributed by atoms with Crippen LogP contribution in [0.5, 0.6) is 0 Å². The molecule has 1 aromatic rings. The van der Waals surface area contributed by atoms with Crippen LogP contribution in [0, 0.1) is 11.7 Å². The lowest BCUT2D eigenvalue weighted by atomic mass is 10.1. The molecule has 1 aliphatic carbocycles. The van der Waals surface area contributed by atoms with Crippen LogP contribution in [-0.4, -0.2) is 10.1 Å². The van der Waals surface area contributed by atoms with Gasteiger partial charge in [0, 0.05) is 11.8 Å². The summed E-state index contributed by atoms with van der Waals surface area (Å²) < 4.78 is 13.1. The standard InChI is InChI=1S/C10H12FNO/c11-9-6-12-4-3-8(9)10(13)5-7-1-2-7/h3-4,6-7,10,13H,1-2,5H2. The maximum absolute atomic E-state index is 13.1. The Balaban J connectivity index is 2.09. The monoisotopic (exact) mass is 181 g/mol. The van der Waals surface area contributed by atoms with E-state index in [1.165, 1.54) is 19.0 Å². The van der Waals surface area contributed by atoms with Gasteiger partial charge in [-0.15, -0.1) is 0 Å². The number of hydrogen-bond donors (Lipinski definition) is 1. The lowest BCUT2D eigenvalue weighted by molar-refractivity contribution is 0.155. The molecule has 2 nitrogen and oxygen atoms in total. The van der Waals surface area contributed by atoms with Crippen molar-refractivity contribution in [3.05, 3.63) is 29.8 Å². The number of hydrogen-bond acceptors (Lipinski definition) is 2. The minimum Gasteiger partial charge on any atom is -0.388 e. The zero-order chi connectivity index (χ0) is 9.26. The van der Waals surface area contributed by atoms with Crippen LogP contribution in [0.1, 0.15) is 30.9 Å². The molecule has 0 aliphatic heterocycles. The highest BCUT2D eigenvalue weighted by Crippen LogP contribution is 2.37. The van der Waals surface area contributed by atoms with Gasteiger partial charge in [-0.3, -0.25) is 4.98 Å². The first-order chi connectivity index (χ1) is 6.27. The SMILES string of the molecule is OC(CC1CC1)c1ccncc1F. The summed E-state index contributed by atoms with van der Waals surface area (Å²) in [4.78, 5) is 3.64. The molecule has 0 saturated heterocycles. The van der Waals surface area contributed by atoms with Crippen LogP contribution in [-0.2, 0) is 0 Å². The van der Waals surface area contributed by atoms with Gasteiger partial charge in [0.15, 0.2) is 0 Å². The van der Waals surface area contributed by atoms with E-state index in [1.807, 2.05) is 0 Å². The van der Waals surface area contributed by atoms with Crippen molar-refractivity contribution >= 4 is 0 Å². The third kappa shape index (κ3) is 2.04. The van der Waals surface area contributed by atoms with Gasteiger partial charge in [0.2, 0.25) is 0 Å². The molecule has 3 heteroatoms. The third-order valence-corrected chi connectivity index (χ3v) is 2.42. The topological polar surface area (TPSA) is 33.1 Å². The molecule has 0 amide bonds. The van der Waals surface area contributed by atoms with Crippen molar-refractivity contribution in [3.63, 3.8) is 0 Å². The number of aliphatic hydroxyl groups is 1. The normalized spacial score (nSPS) is 18.6. The van der Waals surface area contributed by atoms with Gasteiger partial charge in [-0.2, -0.15) is 0 Å². The van der Waals surface area contributed by atoms with Crippen LogP contribution in [0.4, 0.5) is 4.39 Å². The Morgan fingerprint density at radius 1 is 1.62 bits per heavy atom. The van der Waals surface area contributed by atoms with Crippen molar-refractivity contribution in [2.45, 2.75) is 25.4 Å². The van der Waals surface area contributed by atoms with E-state index < -0.39 is 11.9 Å². The van der Waals surface area contributed by atoms with E-state index >= 15 is 0 Å². The lowest BCUT2D eigenvalue weighted by Crippen LogP contribution is -2.01. The van der Waals surface area contributed by atoms with E-state index in [1.54, 1.807) is 6.07 Å². The number of aliphatic hydroxyl groups excluding tert-OH is 1. The Morgan fingerprint density at radius 3 is 3.00 bits per heavy atom. The van der Waals surface area contributed by atoms with Crippen molar-refractivity contribution in [1.29, 1.82) is 0 Å². The second kappa shape index (κ2) is 3.42. The van der Waals surface area contributed by atoms with E-state index in [2.05, 4.69) is 4.98 Å². The molecule has 0 bridgehead atoms. The molecule has 1 aliphatic rings. The van der Waals surface area contributed by atoms with Crippen LogP contribution in [0.25, 0.3) is 0 Å². The summed E-state index contributed by atoms with van der Waals surface area (Å²) in [5, 5.41) is 9.64. The molecule has 1 unspecified atom stereocenters. The van der Waals surface area contributed by atoms with Crippen LogP contribution >= 0.6 is 0 Å². The predicted molar refractivity (Wildman–Crippen MR) is 46.5 cm³/mol. The van der Waals surface area contributed by atoms with Crippen molar-refractivity contribution in [1.82, 2.24) is 4.98 Å². The first-order valence-corrected chi connectivity index (χ1v) is 4.55. The molecule has 1 saturated carbocycles. The van der Waals surface area contributed by atoms with Crippen molar-refractivity contribution < 1.29 is 9.50 Å². The molecule has 1 N–H and O–H groups in total. The fourth-order valence-corrected chi connectivity index (χ4v) is 1.45. The van der Waals surface area contributed by atoms with Crippen LogP contribution in [0.3, 0.4) is 0 Å². The Bertz CT molecular complexity index is 299. The maximum atomic E-state index is 13.1.